The summed E-state index contributed by atoms with van der Waals surface area (Å²) in [4.78, 5) is 4.54. The maximum absolute atomic E-state index is 6.33. The number of para-hydroxylation sites is 1. The molecule has 0 bridgehead atoms. The van der Waals surface area contributed by atoms with Gasteiger partial charge in [-0.1, -0.05) is 41.4 Å². The van der Waals surface area contributed by atoms with Crippen LogP contribution in [0.2, 0.25) is 10.2 Å². The molecular weight excluding hydrogens is 305 g/mol. The minimum atomic E-state index is 0.507. The minimum Gasteiger partial charge on any atom is -0.246 e. The summed E-state index contributed by atoms with van der Waals surface area (Å²) in [5.74, 6) is 0. The van der Waals surface area contributed by atoms with Gasteiger partial charge in [0.15, 0.2) is 0 Å². The van der Waals surface area contributed by atoms with Crippen molar-refractivity contribution < 1.29 is 0 Å². The molecule has 2 aromatic rings. The molecule has 0 aliphatic carbocycles. The Kier molecular flexibility index (Phi) is 2.84. The number of fused-ring (bicyclic) bond motifs is 3. The van der Waals surface area contributed by atoms with Crippen LogP contribution in [0, 0.1) is 0 Å². The second kappa shape index (κ2) is 4.72. The van der Waals surface area contributed by atoms with Crippen molar-refractivity contribution in [2.75, 3.05) is 0 Å². The molecule has 0 spiro atoms. The molecule has 102 valence electrons. The van der Waals surface area contributed by atoms with Crippen molar-refractivity contribution in [2.24, 2.45) is 0 Å². The van der Waals surface area contributed by atoms with Gasteiger partial charge in [0.1, 0.15) is 10.8 Å². The van der Waals surface area contributed by atoms with Gasteiger partial charge in [0.2, 0.25) is 0 Å². The first kappa shape index (κ1) is 12.6. The highest BCUT2D eigenvalue weighted by Crippen LogP contribution is 2.31. The van der Waals surface area contributed by atoms with Gasteiger partial charge in [0, 0.05) is 16.5 Å². The molecule has 5 heteroatoms. The summed E-state index contributed by atoms with van der Waals surface area (Å²) in [6.45, 7) is 0. The van der Waals surface area contributed by atoms with Crippen molar-refractivity contribution in [1.82, 2.24) is 14.8 Å². The average molecular weight is 314 g/mol. The summed E-state index contributed by atoms with van der Waals surface area (Å²) in [7, 11) is 0. The number of aromatic nitrogens is 3. The van der Waals surface area contributed by atoms with Crippen molar-refractivity contribution in [3.05, 3.63) is 64.8 Å². The van der Waals surface area contributed by atoms with Crippen molar-refractivity contribution in [3.8, 4) is 17.1 Å². The summed E-state index contributed by atoms with van der Waals surface area (Å²) in [5.41, 5.74) is 3.41. The van der Waals surface area contributed by atoms with Gasteiger partial charge >= 0.3 is 0 Å². The quantitative estimate of drug-likeness (QED) is 0.504. The normalized spacial score (nSPS) is 11.3. The molecule has 21 heavy (non-hydrogen) atoms. The van der Waals surface area contributed by atoms with Crippen molar-refractivity contribution >= 4 is 34.1 Å². The lowest BCUT2D eigenvalue weighted by atomic mass is 10.2. The molecule has 0 fully saturated rings. The van der Waals surface area contributed by atoms with E-state index in [9.17, 15) is 0 Å². The SMILES string of the molecule is Clc1ccc(-n2nc3c4ccccc4nc-3cc2Cl)cc1. The minimum absolute atomic E-state index is 0.507. The fourth-order valence-corrected chi connectivity index (χ4v) is 2.75. The van der Waals surface area contributed by atoms with Crippen LogP contribution in [0.15, 0.2) is 54.6 Å². The molecule has 2 aliphatic heterocycles. The second-order valence-corrected chi connectivity index (χ2v) is 5.54. The van der Waals surface area contributed by atoms with Crippen LogP contribution in [0.1, 0.15) is 0 Å². The molecule has 0 unspecified atom stereocenters. The van der Waals surface area contributed by atoms with Crippen LogP contribution in [0.25, 0.3) is 28.0 Å². The van der Waals surface area contributed by atoms with E-state index in [1.54, 1.807) is 4.68 Å². The Labute approximate surface area is 131 Å². The van der Waals surface area contributed by atoms with Gasteiger partial charge in [-0.05, 0) is 30.3 Å². The molecule has 0 amide bonds. The number of rotatable bonds is 1. The highest BCUT2D eigenvalue weighted by molar-refractivity contribution is 6.31. The Morgan fingerprint density at radius 1 is 0.905 bits per heavy atom. The Morgan fingerprint density at radius 2 is 1.67 bits per heavy atom. The molecule has 0 aromatic heterocycles. The van der Waals surface area contributed by atoms with Crippen LogP contribution in [-0.2, 0) is 0 Å². The van der Waals surface area contributed by atoms with Crippen LogP contribution < -0.4 is 0 Å². The lowest BCUT2D eigenvalue weighted by Crippen LogP contribution is -2.04. The average Bonchev–Trinajstić information content (AvgIpc) is 2.84. The Hall–Kier alpha value is -2.10. The zero-order valence-electron chi connectivity index (χ0n) is 10.8. The Bertz CT molecular complexity index is 913. The van der Waals surface area contributed by atoms with Crippen LogP contribution in [0.4, 0.5) is 0 Å². The van der Waals surface area contributed by atoms with E-state index in [-0.39, 0.29) is 0 Å². The third-order valence-corrected chi connectivity index (χ3v) is 3.89. The number of hydrogen-bond acceptors (Lipinski definition) is 2. The fourth-order valence-electron chi connectivity index (χ4n) is 2.38. The van der Waals surface area contributed by atoms with Gasteiger partial charge in [0.25, 0.3) is 0 Å². The van der Waals surface area contributed by atoms with E-state index in [4.69, 9.17) is 23.2 Å². The van der Waals surface area contributed by atoms with Gasteiger partial charge in [0.05, 0.1) is 16.9 Å². The van der Waals surface area contributed by atoms with Crippen molar-refractivity contribution in [3.63, 3.8) is 0 Å². The molecule has 0 saturated heterocycles. The lowest BCUT2D eigenvalue weighted by molar-refractivity contribution is 0.850. The van der Waals surface area contributed by atoms with E-state index in [2.05, 4.69) is 10.1 Å². The van der Waals surface area contributed by atoms with E-state index in [0.717, 1.165) is 28.0 Å². The smallest absolute Gasteiger partial charge is 0.133 e. The third kappa shape index (κ3) is 2.06. The van der Waals surface area contributed by atoms with E-state index in [1.807, 2.05) is 54.6 Å². The van der Waals surface area contributed by atoms with Crippen LogP contribution in [0.5, 0.6) is 0 Å². The number of hydrogen-bond donors (Lipinski definition) is 0. The summed E-state index contributed by atoms with van der Waals surface area (Å²) in [6.07, 6.45) is 0. The number of nitrogens with zero attached hydrogens (tertiary/aromatic N) is 3. The van der Waals surface area contributed by atoms with E-state index >= 15 is 0 Å². The van der Waals surface area contributed by atoms with Crippen LogP contribution in [0.3, 0.4) is 0 Å². The third-order valence-electron chi connectivity index (χ3n) is 3.37. The maximum Gasteiger partial charge on any atom is 0.133 e. The van der Waals surface area contributed by atoms with Crippen molar-refractivity contribution in [1.29, 1.82) is 0 Å². The first-order valence-corrected chi connectivity index (χ1v) is 7.18. The van der Waals surface area contributed by atoms with Crippen LogP contribution >= 0.6 is 23.2 Å². The molecule has 4 rings (SSSR count). The number of halogens is 2. The fraction of sp³-hybridized carbons (Fsp3) is 0. The van der Waals surface area contributed by atoms with Crippen LogP contribution in [-0.4, -0.2) is 14.8 Å². The predicted octanol–water partition coefficient (Wildman–Crippen LogP) is 4.83. The highest BCUT2D eigenvalue weighted by atomic mass is 35.5. The molecule has 0 atom stereocenters. The zero-order valence-corrected chi connectivity index (χ0v) is 12.3. The summed E-state index contributed by atoms with van der Waals surface area (Å²) >= 11 is 12.3. The van der Waals surface area contributed by atoms with Crippen molar-refractivity contribution in [2.45, 2.75) is 0 Å². The topological polar surface area (TPSA) is 30.7 Å². The summed E-state index contributed by atoms with van der Waals surface area (Å²) in [5, 5.41) is 6.85. The maximum atomic E-state index is 6.33. The zero-order chi connectivity index (χ0) is 14.4. The molecule has 0 radical (unpaired) electrons. The van der Waals surface area contributed by atoms with E-state index in [1.165, 1.54) is 0 Å². The second-order valence-electron chi connectivity index (χ2n) is 4.72. The molecule has 2 heterocycles. The standard InChI is InChI=1S/C16H9Cl2N3/c17-10-5-7-11(8-6-10)21-15(18)9-14-16(20-21)12-3-1-2-4-13(12)19-14/h1-9H. The largest absolute Gasteiger partial charge is 0.246 e. The first-order valence-electron chi connectivity index (χ1n) is 6.42. The van der Waals surface area contributed by atoms with E-state index in [0.29, 0.717) is 10.2 Å². The van der Waals surface area contributed by atoms with Gasteiger partial charge in [-0.15, -0.1) is 0 Å². The lowest BCUT2D eigenvalue weighted by Gasteiger charge is -2.10. The van der Waals surface area contributed by atoms with Gasteiger partial charge in [-0.3, -0.25) is 0 Å². The van der Waals surface area contributed by atoms with E-state index < -0.39 is 0 Å². The molecule has 3 nitrogen and oxygen atoms in total. The monoisotopic (exact) mass is 313 g/mol. The summed E-state index contributed by atoms with van der Waals surface area (Å²) < 4.78 is 1.69. The number of benzene rings is 2. The Morgan fingerprint density at radius 3 is 2.48 bits per heavy atom. The Balaban J connectivity index is 2.01. The molecular formula is C16H9Cl2N3. The van der Waals surface area contributed by atoms with Gasteiger partial charge in [-0.2, -0.15) is 5.10 Å². The highest BCUT2D eigenvalue weighted by Gasteiger charge is 2.16. The predicted molar refractivity (Wildman–Crippen MR) is 85.5 cm³/mol. The molecule has 2 aromatic carbocycles. The molecule has 2 aliphatic rings. The first-order chi connectivity index (χ1) is 10.2. The molecule has 0 saturated carbocycles. The summed E-state index contributed by atoms with van der Waals surface area (Å²) in [6, 6.07) is 17.1. The van der Waals surface area contributed by atoms with Gasteiger partial charge < -0.3 is 0 Å². The molecule has 0 N–H and O–H groups in total. The van der Waals surface area contributed by atoms with Gasteiger partial charge in [-0.25, -0.2) is 9.67 Å².